The van der Waals surface area contributed by atoms with E-state index in [0.29, 0.717) is 39.2 Å². The Kier molecular flexibility index (Phi) is 7.65. The first-order chi connectivity index (χ1) is 23.7. The van der Waals surface area contributed by atoms with Crippen molar-refractivity contribution in [3.63, 3.8) is 0 Å². The Morgan fingerprint density at radius 3 is 2.28 bits per heavy atom. The molecule has 0 amide bonds. The van der Waals surface area contributed by atoms with Crippen LogP contribution in [0.3, 0.4) is 0 Å². The fourth-order valence-electron chi connectivity index (χ4n) is 8.41. The largest absolute Gasteiger partial charge is 0.507 e. The summed E-state index contributed by atoms with van der Waals surface area (Å²) in [6.07, 6.45) is 3.48. The van der Waals surface area contributed by atoms with Crippen molar-refractivity contribution in [1.29, 1.82) is 0 Å². The zero-order valence-electron chi connectivity index (χ0n) is 29.1. The van der Waals surface area contributed by atoms with Gasteiger partial charge in [0, 0.05) is 44.0 Å². The zero-order chi connectivity index (χ0) is 36.0. The second kappa shape index (κ2) is 11.6. The number of aryl methyl sites for hydroxylation is 4. The molecule has 0 spiro atoms. The first kappa shape index (κ1) is 33.1. The fraction of sp³-hybridized carbons (Fsp3) is 0.405. The van der Waals surface area contributed by atoms with Gasteiger partial charge in [-0.3, -0.25) is 14.4 Å². The van der Waals surface area contributed by atoms with Crippen LogP contribution in [-0.4, -0.2) is 54.4 Å². The van der Waals surface area contributed by atoms with Gasteiger partial charge in [-0.2, -0.15) is 0 Å². The summed E-state index contributed by atoms with van der Waals surface area (Å²) in [5.41, 5.74) is 1.72. The quantitative estimate of drug-likeness (QED) is 0.302. The first-order valence-corrected chi connectivity index (χ1v) is 16.5. The number of benzene rings is 2. The second-order valence-corrected chi connectivity index (χ2v) is 13.8. The minimum absolute atomic E-state index is 0.00737. The number of methoxy groups -OCH3 is 2. The maximum Gasteiger partial charge on any atom is 0.347 e. The zero-order valence-corrected chi connectivity index (χ0v) is 29.1. The van der Waals surface area contributed by atoms with Crippen molar-refractivity contribution in [2.45, 2.75) is 65.6 Å². The van der Waals surface area contributed by atoms with Crippen molar-refractivity contribution in [1.82, 2.24) is 23.5 Å². The molecule has 4 aromatic rings. The molecule has 50 heavy (non-hydrogen) atoms. The van der Waals surface area contributed by atoms with Gasteiger partial charge in [-0.15, -0.1) is 0 Å². The number of fused-ring (bicyclic) bond motifs is 5. The third-order valence-electron chi connectivity index (χ3n) is 11.1. The summed E-state index contributed by atoms with van der Waals surface area (Å²) in [6, 6.07) is 6.32. The number of carbonyl (C=O) groups excluding carboxylic acids is 2. The topological polar surface area (TPSA) is 157 Å². The number of ether oxygens (including phenoxy) is 2. The molecule has 0 radical (unpaired) electrons. The van der Waals surface area contributed by atoms with Crippen LogP contribution in [0.2, 0.25) is 0 Å². The Labute approximate surface area is 286 Å². The number of Topliss-reactive ketones (excluding diaryl/α,β-unsaturated/α-hetero) is 1. The normalized spacial score (nSPS) is 22.8. The Morgan fingerprint density at radius 2 is 1.62 bits per heavy atom. The second-order valence-electron chi connectivity index (χ2n) is 13.8. The van der Waals surface area contributed by atoms with Crippen LogP contribution in [0.25, 0.3) is 11.0 Å². The fourth-order valence-corrected chi connectivity index (χ4v) is 8.41. The van der Waals surface area contributed by atoms with E-state index in [1.54, 1.807) is 40.0 Å². The van der Waals surface area contributed by atoms with Gasteiger partial charge in [0.15, 0.2) is 23.1 Å². The van der Waals surface area contributed by atoms with Gasteiger partial charge in [0.1, 0.15) is 11.4 Å². The van der Waals surface area contributed by atoms with Crippen molar-refractivity contribution in [3.8, 4) is 17.2 Å². The molecule has 260 valence electrons. The predicted octanol–water partition coefficient (Wildman–Crippen LogP) is 3.03. The number of phenolic OH excluding ortho intramolecular Hbond substituents is 1. The van der Waals surface area contributed by atoms with Gasteiger partial charge in [-0.1, -0.05) is 25.1 Å². The molecule has 7 rings (SSSR count). The Morgan fingerprint density at radius 1 is 0.960 bits per heavy atom. The van der Waals surface area contributed by atoms with E-state index in [4.69, 9.17) is 9.47 Å². The van der Waals surface area contributed by atoms with E-state index in [9.17, 15) is 29.1 Å². The van der Waals surface area contributed by atoms with Gasteiger partial charge in [-0.25, -0.2) is 28.5 Å². The van der Waals surface area contributed by atoms with Gasteiger partial charge in [0.2, 0.25) is 0 Å². The highest BCUT2D eigenvalue weighted by Gasteiger charge is 2.59. The Hall–Kier alpha value is -5.46. The summed E-state index contributed by atoms with van der Waals surface area (Å²) in [4.78, 5) is 73.7. The number of hydrogen-bond acceptors (Lipinski definition) is 9. The monoisotopic (exact) mass is 681 g/mol. The molecule has 13 nitrogen and oxygen atoms in total. The van der Waals surface area contributed by atoms with Crippen LogP contribution in [0.5, 0.6) is 17.2 Å². The number of aromatic nitrogens is 5. The van der Waals surface area contributed by atoms with Crippen molar-refractivity contribution in [2.24, 2.45) is 18.4 Å². The number of ketones is 2. The molecule has 0 saturated heterocycles. The van der Waals surface area contributed by atoms with E-state index < -0.39 is 34.7 Å². The van der Waals surface area contributed by atoms with E-state index in [1.807, 2.05) is 25.1 Å². The van der Waals surface area contributed by atoms with E-state index in [2.05, 4.69) is 4.98 Å². The molecule has 1 aliphatic heterocycles. The molecular formula is C37H39N5O8. The van der Waals surface area contributed by atoms with Gasteiger partial charge in [-0.05, 0) is 61.1 Å². The molecule has 13 heteroatoms. The lowest BCUT2D eigenvalue weighted by Gasteiger charge is -2.52. The lowest BCUT2D eigenvalue weighted by Crippen LogP contribution is -2.54. The minimum atomic E-state index is -1.14. The van der Waals surface area contributed by atoms with Crippen LogP contribution >= 0.6 is 0 Å². The average molecular weight is 682 g/mol. The van der Waals surface area contributed by atoms with E-state index >= 15 is 0 Å². The van der Waals surface area contributed by atoms with E-state index in [-0.39, 0.29) is 54.5 Å². The van der Waals surface area contributed by atoms with Gasteiger partial charge >= 0.3 is 11.4 Å². The van der Waals surface area contributed by atoms with Crippen LogP contribution < -0.4 is 26.4 Å². The van der Waals surface area contributed by atoms with Gasteiger partial charge in [0.25, 0.3) is 5.56 Å². The number of nitrogens with zero attached hydrogens (tertiary/aromatic N) is 5. The van der Waals surface area contributed by atoms with Crippen LogP contribution in [0.1, 0.15) is 54.6 Å². The summed E-state index contributed by atoms with van der Waals surface area (Å²) in [6.45, 7) is 6.99. The molecule has 2 aromatic carbocycles. The molecular weight excluding hydrogens is 642 g/mol. The van der Waals surface area contributed by atoms with E-state index in [1.165, 1.54) is 34.2 Å². The van der Waals surface area contributed by atoms with Crippen molar-refractivity contribution < 1.29 is 24.2 Å². The third-order valence-corrected chi connectivity index (χ3v) is 11.1. The molecule has 4 atom stereocenters. The molecule has 2 aliphatic carbocycles. The molecule has 1 fully saturated rings. The number of rotatable bonds is 6. The maximum atomic E-state index is 14.2. The third kappa shape index (κ3) is 4.58. The van der Waals surface area contributed by atoms with Crippen molar-refractivity contribution in [2.75, 3.05) is 14.2 Å². The van der Waals surface area contributed by atoms with Crippen LogP contribution in [0.4, 0.5) is 0 Å². The first-order valence-electron chi connectivity index (χ1n) is 16.5. The SMILES string of the molecule is COc1cc2nc(CCn3c(=O)n4n(c3=O)[C@@H]3C[C@H]5C(=O)C(C)=CC(=O)[C@@]5(C)[C@@H](c5cc(C)c(O)c(C)c5)C3=CC4)c(=O)n(C)c2cc1OC. The highest BCUT2D eigenvalue weighted by molar-refractivity contribution is 6.13. The molecule has 3 aliphatic rings. The van der Waals surface area contributed by atoms with Crippen molar-refractivity contribution in [3.05, 3.63) is 101 Å². The lowest BCUT2D eigenvalue weighted by atomic mass is 9.51. The smallest absolute Gasteiger partial charge is 0.347 e. The number of carbonyl (C=O) groups is 2. The Balaban J connectivity index is 1.31. The molecule has 0 unspecified atom stereocenters. The highest BCUT2D eigenvalue weighted by Crippen LogP contribution is 2.59. The molecule has 0 bridgehead atoms. The summed E-state index contributed by atoms with van der Waals surface area (Å²) in [7, 11) is 4.62. The summed E-state index contributed by atoms with van der Waals surface area (Å²) in [5, 5.41) is 10.6. The van der Waals surface area contributed by atoms with Gasteiger partial charge in [0.05, 0.1) is 43.3 Å². The predicted molar refractivity (Wildman–Crippen MR) is 184 cm³/mol. The van der Waals surface area contributed by atoms with Crippen LogP contribution in [0.15, 0.2) is 61.9 Å². The highest BCUT2D eigenvalue weighted by atomic mass is 16.5. The maximum absolute atomic E-state index is 14.2. The molecule has 3 heterocycles. The molecule has 1 N–H and O–H groups in total. The lowest BCUT2D eigenvalue weighted by molar-refractivity contribution is -0.139. The summed E-state index contributed by atoms with van der Waals surface area (Å²) >= 11 is 0. The van der Waals surface area contributed by atoms with E-state index in [0.717, 1.165) is 15.7 Å². The number of allylic oxidation sites excluding steroid dienone is 4. The van der Waals surface area contributed by atoms with Crippen LogP contribution in [-0.2, 0) is 36.1 Å². The minimum Gasteiger partial charge on any atom is -0.507 e. The number of hydrogen-bond donors (Lipinski definition) is 1. The Bertz CT molecular complexity index is 2380. The van der Waals surface area contributed by atoms with Crippen molar-refractivity contribution >= 4 is 22.6 Å². The summed E-state index contributed by atoms with van der Waals surface area (Å²) < 4.78 is 16.1. The number of aromatic hydroxyl groups is 1. The van der Waals surface area contributed by atoms with Gasteiger partial charge < -0.3 is 19.1 Å². The van der Waals surface area contributed by atoms with Crippen LogP contribution in [0, 0.1) is 25.2 Å². The standard InChI is InChI=1S/C37H39N5O8/c1-18-12-21(13-19(2)32(18)44)31-22-8-11-41-35(47)40(36(48)42(41)26(22)15-23-33(45)20(3)14-30(43)37(23,31)4)10-9-24-34(46)39(5)27-17-29(50-7)28(49-6)16-25(27)38-24/h8,12-14,16-17,23,26,31,44H,9-11,15H2,1-7H3/t23-,26+,31-,37-/m0/s1. The average Bonchev–Trinajstić information content (AvgIpc) is 3.34. The number of phenols is 1. The molecule has 2 aromatic heterocycles. The summed E-state index contributed by atoms with van der Waals surface area (Å²) in [5.74, 6) is -0.632. The molecule has 1 saturated carbocycles.